The van der Waals surface area contributed by atoms with Gasteiger partial charge in [0.05, 0.1) is 11.9 Å². The molecule has 1 aromatic heterocycles. The van der Waals surface area contributed by atoms with E-state index in [-0.39, 0.29) is 18.2 Å². The molecule has 1 fully saturated rings. The second kappa shape index (κ2) is 7.30. The largest absolute Gasteiger partial charge is 0.380 e. The number of amides is 3. The maximum atomic E-state index is 12.8. The standard InChI is InChI=1S/C20H21N5O3/c1-21-17-6-4-14(10-23-17)22-9-12-2-3-13-11-25(20(28)15(13)8-12)16-5-7-18(26)24-19(16)27/h2-4,6,8,10,16,22H,5,7,9,11H2,1H3,(H,21,23)(H,24,26,27). The van der Waals surface area contributed by atoms with E-state index in [1.165, 1.54) is 0 Å². The SMILES string of the molecule is CNc1ccc(NCc2ccc3c(c2)C(=O)N(C2CCC(=O)NC2=O)C3)cn1. The molecule has 3 heterocycles. The fourth-order valence-corrected chi connectivity index (χ4v) is 3.56. The van der Waals surface area contributed by atoms with Gasteiger partial charge >= 0.3 is 0 Å². The van der Waals surface area contributed by atoms with Crippen LogP contribution in [0, 0.1) is 0 Å². The average molecular weight is 379 g/mol. The number of benzene rings is 1. The molecule has 28 heavy (non-hydrogen) atoms. The Morgan fingerprint density at radius 2 is 2.07 bits per heavy atom. The minimum Gasteiger partial charge on any atom is -0.380 e. The molecule has 1 unspecified atom stereocenters. The molecule has 1 aromatic carbocycles. The summed E-state index contributed by atoms with van der Waals surface area (Å²) in [5.74, 6) is -0.0403. The van der Waals surface area contributed by atoms with Crippen LogP contribution in [0.4, 0.5) is 11.5 Å². The van der Waals surface area contributed by atoms with Gasteiger partial charge in [0.25, 0.3) is 5.91 Å². The van der Waals surface area contributed by atoms with E-state index < -0.39 is 11.9 Å². The molecule has 144 valence electrons. The Labute approximate surface area is 162 Å². The molecule has 0 radical (unpaired) electrons. The van der Waals surface area contributed by atoms with Crippen LogP contribution in [0.2, 0.25) is 0 Å². The minimum absolute atomic E-state index is 0.161. The molecule has 1 atom stereocenters. The van der Waals surface area contributed by atoms with Crippen molar-refractivity contribution in [3.05, 3.63) is 53.2 Å². The molecule has 0 spiro atoms. The lowest BCUT2D eigenvalue weighted by Gasteiger charge is -2.29. The van der Waals surface area contributed by atoms with E-state index in [9.17, 15) is 14.4 Å². The molecule has 8 nitrogen and oxygen atoms in total. The molecule has 1 saturated heterocycles. The van der Waals surface area contributed by atoms with Crippen LogP contribution in [0.15, 0.2) is 36.5 Å². The predicted octanol–water partition coefficient (Wildman–Crippen LogP) is 1.50. The zero-order valence-electron chi connectivity index (χ0n) is 15.5. The molecular weight excluding hydrogens is 358 g/mol. The van der Waals surface area contributed by atoms with Gasteiger partial charge in [-0.15, -0.1) is 0 Å². The number of carbonyl (C=O) groups excluding carboxylic acids is 3. The first-order chi connectivity index (χ1) is 13.5. The Balaban J connectivity index is 1.45. The van der Waals surface area contributed by atoms with Crippen LogP contribution >= 0.6 is 0 Å². The second-order valence-electron chi connectivity index (χ2n) is 6.93. The van der Waals surface area contributed by atoms with E-state index >= 15 is 0 Å². The summed E-state index contributed by atoms with van der Waals surface area (Å²) in [5, 5.41) is 8.58. The average Bonchev–Trinajstić information content (AvgIpc) is 3.03. The Hall–Kier alpha value is -3.42. The number of imide groups is 1. The van der Waals surface area contributed by atoms with Crippen molar-refractivity contribution in [2.75, 3.05) is 17.7 Å². The second-order valence-corrected chi connectivity index (χ2v) is 6.93. The molecule has 0 saturated carbocycles. The van der Waals surface area contributed by atoms with Crippen LogP contribution in [0.5, 0.6) is 0 Å². The molecule has 3 amide bonds. The van der Waals surface area contributed by atoms with Crippen molar-refractivity contribution in [3.63, 3.8) is 0 Å². The number of nitrogens with zero attached hydrogens (tertiary/aromatic N) is 2. The molecule has 0 aliphatic carbocycles. The van der Waals surface area contributed by atoms with Crippen molar-refractivity contribution >= 4 is 29.2 Å². The maximum Gasteiger partial charge on any atom is 0.255 e. The van der Waals surface area contributed by atoms with E-state index in [4.69, 9.17) is 0 Å². The van der Waals surface area contributed by atoms with Crippen molar-refractivity contribution in [2.45, 2.75) is 32.0 Å². The van der Waals surface area contributed by atoms with Crippen molar-refractivity contribution in [1.29, 1.82) is 0 Å². The number of anilines is 2. The zero-order chi connectivity index (χ0) is 19.7. The number of rotatable bonds is 5. The number of nitrogens with one attached hydrogen (secondary N) is 3. The van der Waals surface area contributed by atoms with E-state index in [1.807, 2.05) is 37.4 Å². The molecular formula is C20H21N5O3. The Morgan fingerprint density at radius 1 is 1.21 bits per heavy atom. The van der Waals surface area contributed by atoms with Gasteiger partial charge < -0.3 is 15.5 Å². The van der Waals surface area contributed by atoms with Crippen LogP contribution < -0.4 is 16.0 Å². The van der Waals surface area contributed by atoms with Gasteiger partial charge in [0.2, 0.25) is 11.8 Å². The van der Waals surface area contributed by atoms with Crippen molar-refractivity contribution in [1.82, 2.24) is 15.2 Å². The third kappa shape index (κ3) is 3.40. The maximum absolute atomic E-state index is 12.8. The monoisotopic (exact) mass is 379 g/mol. The first-order valence-electron chi connectivity index (χ1n) is 9.19. The summed E-state index contributed by atoms with van der Waals surface area (Å²) < 4.78 is 0. The molecule has 4 rings (SSSR count). The summed E-state index contributed by atoms with van der Waals surface area (Å²) in [5.41, 5.74) is 3.37. The van der Waals surface area contributed by atoms with Gasteiger partial charge in [0.15, 0.2) is 0 Å². The highest BCUT2D eigenvalue weighted by atomic mass is 16.2. The number of hydrogen-bond acceptors (Lipinski definition) is 6. The Morgan fingerprint density at radius 3 is 2.79 bits per heavy atom. The van der Waals surface area contributed by atoms with Crippen LogP contribution in [-0.2, 0) is 22.7 Å². The Bertz CT molecular complexity index is 941. The number of pyridine rings is 1. The topological polar surface area (TPSA) is 103 Å². The van der Waals surface area contributed by atoms with Crippen LogP contribution in [0.1, 0.15) is 34.3 Å². The van der Waals surface area contributed by atoms with Gasteiger partial charge in [-0.05, 0) is 35.7 Å². The highest BCUT2D eigenvalue weighted by Crippen LogP contribution is 2.28. The number of hydrogen-bond donors (Lipinski definition) is 3. The van der Waals surface area contributed by atoms with Crippen molar-refractivity contribution < 1.29 is 14.4 Å². The lowest BCUT2D eigenvalue weighted by atomic mass is 10.0. The molecule has 2 aliphatic rings. The highest BCUT2D eigenvalue weighted by Gasteiger charge is 2.39. The van der Waals surface area contributed by atoms with E-state index in [1.54, 1.807) is 11.1 Å². The molecule has 2 aliphatic heterocycles. The lowest BCUT2D eigenvalue weighted by molar-refractivity contribution is -0.136. The van der Waals surface area contributed by atoms with E-state index in [0.29, 0.717) is 25.1 Å². The molecule has 8 heteroatoms. The van der Waals surface area contributed by atoms with Gasteiger partial charge in [-0.3, -0.25) is 19.7 Å². The van der Waals surface area contributed by atoms with Gasteiger partial charge in [-0.25, -0.2) is 4.98 Å². The summed E-state index contributed by atoms with van der Waals surface area (Å²) in [6, 6.07) is 9.00. The molecule has 2 aromatic rings. The fraction of sp³-hybridized carbons (Fsp3) is 0.300. The quantitative estimate of drug-likeness (QED) is 0.680. The molecule has 0 bridgehead atoms. The first-order valence-corrected chi connectivity index (χ1v) is 9.19. The van der Waals surface area contributed by atoms with E-state index in [2.05, 4.69) is 20.9 Å². The summed E-state index contributed by atoms with van der Waals surface area (Å²) in [6.45, 7) is 0.948. The number of piperidine rings is 1. The Kier molecular flexibility index (Phi) is 4.68. The zero-order valence-corrected chi connectivity index (χ0v) is 15.5. The first kappa shape index (κ1) is 18.0. The third-order valence-electron chi connectivity index (χ3n) is 5.11. The van der Waals surface area contributed by atoms with Crippen molar-refractivity contribution in [2.24, 2.45) is 0 Å². The van der Waals surface area contributed by atoms with E-state index in [0.717, 1.165) is 22.6 Å². The number of fused-ring (bicyclic) bond motifs is 1. The van der Waals surface area contributed by atoms with Crippen molar-refractivity contribution in [3.8, 4) is 0 Å². The lowest BCUT2D eigenvalue weighted by Crippen LogP contribution is -2.52. The summed E-state index contributed by atoms with van der Waals surface area (Å²) in [7, 11) is 1.81. The minimum atomic E-state index is -0.587. The summed E-state index contributed by atoms with van der Waals surface area (Å²) in [6.07, 6.45) is 2.37. The molecule has 3 N–H and O–H groups in total. The van der Waals surface area contributed by atoms with Crippen LogP contribution in [0.25, 0.3) is 0 Å². The third-order valence-corrected chi connectivity index (χ3v) is 5.11. The van der Waals surface area contributed by atoms with Gasteiger partial charge in [0, 0.05) is 32.1 Å². The fourth-order valence-electron chi connectivity index (χ4n) is 3.56. The van der Waals surface area contributed by atoms with Gasteiger partial charge in [-0.1, -0.05) is 12.1 Å². The predicted molar refractivity (Wildman–Crippen MR) is 104 cm³/mol. The normalized spacial score (nSPS) is 18.7. The number of aromatic nitrogens is 1. The number of carbonyl (C=O) groups is 3. The van der Waals surface area contributed by atoms with Crippen LogP contribution in [-0.4, -0.2) is 40.7 Å². The van der Waals surface area contributed by atoms with Gasteiger partial charge in [0.1, 0.15) is 11.9 Å². The highest BCUT2D eigenvalue weighted by molar-refractivity contribution is 6.05. The van der Waals surface area contributed by atoms with Gasteiger partial charge in [-0.2, -0.15) is 0 Å². The summed E-state index contributed by atoms with van der Waals surface area (Å²) in [4.78, 5) is 42.1. The van der Waals surface area contributed by atoms with Crippen LogP contribution in [0.3, 0.4) is 0 Å². The summed E-state index contributed by atoms with van der Waals surface area (Å²) >= 11 is 0. The smallest absolute Gasteiger partial charge is 0.255 e.